The van der Waals surface area contributed by atoms with Gasteiger partial charge in [0.2, 0.25) is 0 Å². The number of hydrogen-bond acceptors (Lipinski definition) is 4. The van der Waals surface area contributed by atoms with E-state index in [4.69, 9.17) is 0 Å². The molecule has 7 nitrogen and oxygen atoms in total. The number of carboxylic acids is 1. The Bertz CT molecular complexity index is 835. The van der Waals surface area contributed by atoms with Crippen molar-refractivity contribution in [2.75, 3.05) is 6.54 Å². The van der Waals surface area contributed by atoms with Gasteiger partial charge in [0.1, 0.15) is 0 Å². The summed E-state index contributed by atoms with van der Waals surface area (Å²) < 4.78 is 4.04. The van der Waals surface area contributed by atoms with Gasteiger partial charge in [-0.15, -0.1) is 0 Å². The van der Waals surface area contributed by atoms with E-state index in [1.165, 1.54) is 5.69 Å². The predicted octanol–water partition coefficient (Wildman–Crippen LogP) is 2.12. The zero-order valence-corrected chi connectivity index (χ0v) is 15.8. The first-order valence-electron chi connectivity index (χ1n) is 9.51. The van der Waals surface area contributed by atoms with Crippen LogP contribution in [0.4, 0.5) is 0 Å². The second-order valence-electron chi connectivity index (χ2n) is 8.02. The maximum absolute atomic E-state index is 11.7. The van der Waals surface area contributed by atoms with E-state index in [0.29, 0.717) is 12.0 Å². The van der Waals surface area contributed by atoms with E-state index in [1.807, 2.05) is 11.6 Å². The van der Waals surface area contributed by atoms with Crippen LogP contribution in [0.3, 0.4) is 0 Å². The first-order chi connectivity index (χ1) is 12.4. The summed E-state index contributed by atoms with van der Waals surface area (Å²) in [6.45, 7) is 9.86. The molecule has 1 aliphatic carbocycles. The van der Waals surface area contributed by atoms with Crippen molar-refractivity contribution in [2.45, 2.75) is 65.7 Å². The van der Waals surface area contributed by atoms with Crippen LogP contribution < -0.4 is 0 Å². The Morgan fingerprint density at radius 3 is 2.88 bits per heavy atom. The Labute approximate surface area is 153 Å². The fourth-order valence-electron chi connectivity index (χ4n) is 4.39. The number of rotatable bonds is 4. The topological polar surface area (TPSA) is 76.2 Å². The average molecular weight is 357 g/mol. The number of fused-ring (bicyclic) bond motifs is 2. The third-order valence-electron chi connectivity index (χ3n) is 5.53. The third kappa shape index (κ3) is 3.05. The number of aryl methyl sites for hydroxylation is 1. The van der Waals surface area contributed by atoms with Gasteiger partial charge >= 0.3 is 5.97 Å². The quantitative estimate of drug-likeness (QED) is 0.907. The Hall–Kier alpha value is -2.15. The number of aromatic carboxylic acids is 1. The fraction of sp³-hybridized carbons (Fsp3) is 0.632. The van der Waals surface area contributed by atoms with Crippen molar-refractivity contribution < 1.29 is 9.90 Å². The van der Waals surface area contributed by atoms with Crippen LogP contribution in [0, 0.1) is 12.8 Å². The van der Waals surface area contributed by atoms with Crippen molar-refractivity contribution in [1.82, 2.24) is 24.5 Å². The molecule has 4 rings (SSSR count). The molecule has 0 radical (unpaired) electrons. The van der Waals surface area contributed by atoms with Crippen LogP contribution in [0.2, 0.25) is 0 Å². The highest BCUT2D eigenvalue weighted by Gasteiger charge is 2.33. The van der Waals surface area contributed by atoms with Gasteiger partial charge in [-0.05, 0) is 38.2 Å². The lowest BCUT2D eigenvalue weighted by Crippen LogP contribution is -2.44. The molecule has 7 heteroatoms. The highest BCUT2D eigenvalue weighted by molar-refractivity contribution is 5.87. The minimum absolute atomic E-state index is 0.253. The van der Waals surface area contributed by atoms with Gasteiger partial charge in [0.15, 0.2) is 5.69 Å². The van der Waals surface area contributed by atoms with Gasteiger partial charge in [-0.3, -0.25) is 14.3 Å². The normalized spacial score (nSPS) is 20.2. The van der Waals surface area contributed by atoms with Gasteiger partial charge in [0.25, 0.3) is 0 Å². The zero-order chi connectivity index (χ0) is 18.4. The van der Waals surface area contributed by atoms with E-state index in [9.17, 15) is 9.90 Å². The van der Waals surface area contributed by atoms with Gasteiger partial charge < -0.3 is 5.11 Å². The first kappa shape index (κ1) is 17.3. The van der Waals surface area contributed by atoms with Gasteiger partial charge in [-0.2, -0.15) is 10.2 Å². The highest BCUT2D eigenvalue weighted by Crippen LogP contribution is 2.30. The van der Waals surface area contributed by atoms with E-state index in [1.54, 1.807) is 0 Å². The number of carboxylic acid groups (broad SMARTS) is 1. The molecule has 0 amide bonds. The lowest BCUT2D eigenvalue weighted by atomic mass is 9.89. The maximum Gasteiger partial charge on any atom is 0.356 e. The lowest BCUT2D eigenvalue weighted by molar-refractivity contribution is 0.0686. The monoisotopic (exact) mass is 357 g/mol. The Morgan fingerprint density at radius 2 is 2.15 bits per heavy atom. The van der Waals surface area contributed by atoms with Crippen LogP contribution in [0.15, 0.2) is 6.07 Å². The molecule has 26 heavy (non-hydrogen) atoms. The molecule has 0 aromatic carbocycles. The Kier molecular flexibility index (Phi) is 4.34. The van der Waals surface area contributed by atoms with Crippen molar-refractivity contribution in [2.24, 2.45) is 5.92 Å². The standard InChI is InChI=1S/C19H27N5O2/c1-12(2)10-24-17-5-4-14(9-16(17)18(21-24)19(25)26)22-6-7-23-15(11-22)8-13(3)20-23/h8,12,14H,4-7,9-11H2,1-3H3,(H,25,26). The van der Waals surface area contributed by atoms with Crippen LogP contribution >= 0.6 is 0 Å². The minimum Gasteiger partial charge on any atom is -0.476 e. The number of nitrogens with zero attached hydrogens (tertiary/aromatic N) is 5. The molecule has 1 N–H and O–H groups in total. The second-order valence-corrected chi connectivity index (χ2v) is 8.02. The molecule has 2 aromatic rings. The van der Waals surface area contributed by atoms with Crippen molar-refractivity contribution in [3.63, 3.8) is 0 Å². The van der Waals surface area contributed by atoms with Crippen molar-refractivity contribution >= 4 is 5.97 Å². The SMILES string of the molecule is Cc1cc2n(n1)CCN(C1CCc3c(c(C(=O)O)nn3CC(C)C)C1)C2. The number of aromatic nitrogens is 4. The van der Waals surface area contributed by atoms with Crippen LogP contribution in [0.5, 0.6) is 0 Å². The summed E-state index contributed by atoms with van der Waals surface area (Å²) in [5.41, 5.74) is 4.66. The third-order valence-corrected chi connectivity index (χ3v) is 5.53. The molecule has 1 aliphatic heterocycles. The summed E-state index contributed by atoms with van der Waals surface area (Å²) in [7, 11) is 0. The average Bonchev–Trinajstić information content (AvgIpc) is 3.13. The zero-order valence-electron chi connectivity index (χ0n) is 15.8. The van der Waals surface area contributed by atoms with Gasteiger partial charge in [0.05, 0.1) is 17.9 Å². The summed E-state index contributed by atoms with van der Waals surface area (Å²) in [6, 6.07) is 2.53. The molecule has 1 unspecified atom stereocenters. The summed E-state index contributed by atoms with van der Waals surface area (Å²) in [4.78, 5) is 14.2. The molecule has 2 aromatic heterocycles. The molecule has 3 heterocycles. The molecular formula is C19H27N5O2. The summed E-state index contributed by atoms with van der Waals surface area (Å²) in [5.74, 6) is -0.458. The molecule has 140 valence electrons. The largest absolute Gasteiger partial charge is 0.476 e. The van der Waals surface area contributed by atoms with Crippen LogP contribution in [0.25, 0.3) is 0 Å². The molecule has 1 atom stereocenters. The van der Waals surface area contributed by atoms with Crippen LogP contribution in [0.1, 0.15) is 53.4 Å². The smallest absolute Gasteiger partial charge is 0.356 e. The highest BCUT2D eigenvalue weighted by atomic mass is 16.4. The summed E-state index contributed by atoms with van der Waals surface area (Å²) in [5, 5.41) is 18.6. The van der Waals surface area contributed by atoms with Crippen molar-refractivity contribution in [3.05, 3.63) is 34.4 Å². The summed E-state index contributed by atoms with van der Waals surface area (Å²) in [6.07, 6.45) is 2.74. The fourth-order valence-corrected chi connectivity index (χ4v) is 4.39. The predicted molar refractivity (Wildman–Crippen MR) is 97.2 cm³/mol. The minimum atomic E-state index is -0.906. The van der Waals surface area contributed by atoms with E-state index < -0.39 is 5.97 Å². The van der Waals surface area contributed by atoms with Crippen LogP contribution in [-0.2, 0) is 32.5 Å². The van der Waals surface area contributed by atoms with E-state index >= 15 is 0 Å². The second kappa shape index (κ2) is 6.54. The number of carbonyl (C=O) groups is 1. The van der Waals surface area contributed by atoms with Crippen molar-refractivity contribution in [3.8, 4) is 0 Å². The van der Waals surface area contributed by atoms with E-state index in [2.05, 4.69) is 39.7 Å². The van der Waals surface area contributed by atoms with Gasteiger partial charge in [-0.25, -0.2) is 4.79 Å². The molecule has 0 saturated heterocycles. The maximum atomic E-state index is 11.7. The molecule has 0 fully saturated rings. The van der Waals surface area contributed by atoms with Crippen molar-refractivity contribution in [1.29, 1.82) is 0 Å². The Balaban J connectivity index is 1.58. The molecule has 0 spiro atoms. The molecule has 0 saturated carbocycles. The number of hydrogen-bond donors (Lipinski definition) is 1. The van der Waals surface area contributed by atoms with Gasteiger partial charge in [0, 0.05) is 36.9 Å². The van der Waals surface area contributed by atoms with E-state index in [0.717, 1.165) is 62.4 Å². The molecule has 0 bridgehead atoms. The van der Waals surface area contributed by atoms with E-state index in [-0.39, 0.29) is 5.69 Å². The lowest BCUT2D eigenvalue weighted by Gasteiger charge is -2.37. The summed E-state index contributed by atoms with van der Waals surface area (Å²) >= 11 is 0. The first-order valence-corrected chi connectivity index (χ1v) is 9.51. The molecule has 2 aliphatic rings. The molecular weight excluding hydrogens is 330 g/mol. The Morgan fingerprint density at radius 1 is 1.35 bits per heavy atom. The van der Waals surface area contributed by atoms with Gasteiger partial charge in [-0.1, -0.05) is 13.8 Å². The van der Waals surface area contributed by atoms with Crippen LogP contribution in [-0.4, -0.2) is 48.1 Å².